The van der Waals surface area contributed by atoms with Gasteiger partial charge in [0.25, 0.3) is 0 Å². The van der Waals surface area contributed by atoms with Crippen LogP contribution in [0, 0.1) is 5.92 Å². The maximum atomic E-state index is 11.8. The van der Waals surface area contributed by atoms with Crippen LogP contribution >= 0.6 is 0 Å². The van der Waals surface area contributed by atoms with Gasteiger partial charge < -0.3 is 5.32 Å². The summed E-state index contributed by atoms with van der Waals surface area (Å²) in [6, 6.07) is 7.91. The monoisotopic (exact) mass is 245 g/mol. The van der Waals surface area contributed by atoms with Crippen LogP contribution in [0.15, 0.2) is 30.5 Å². The molecule has 0 bridgehead atoms. The molecule has 0 saturated carbocycles. The molecule has 18 heavy (non-hydrogen) atoms. The lowest BCUT2D eigenvalue weighted by atomic mass is 10.0. The fourth-order valence-electron chi connectivity index (χ4n) is 2.06. The number of nitrogens with one attached hydrogen (secondary N) is 1. The van der Waals surface area contributed by atoms with E-state index in [1.807, 2.05) is 48.8 Å². The summed E-state index contributed by atoms with van der Waals surface area (Å²) < 4.78 is 1.82. The summed E-state index contributed by atoms with van der Waals surface area (Å²) in [7, 11) is 0. The molecule has 1 N–H and O–H groups in total. The van der Waals surface area contributed by atoms with E-state index in [1.54, 1.807) is 0 Å². The van der Waals surface area contributed by atoms with Crippen LogP contribution in [-0.4, -0.2) is 15.5 Å². The average molecular weight is 245 g/mol. The van der Waals surface area contributed by atoms with Gasteiger partial charge in [-0.25, -0.2) is 4.52 Å². The highest BCUT2D eigenvalue weighted by molar-refractivity contribution is 5.78. The molecule has 0 spiro atoms. The standard InChI is InChI=1S/C14H19N3O/c1-3-11(4-2)14(18)15-10-12-9-13-7-5-6-8-17(13)16-12/h5-9,11H,3-4,10H2,1-2H3,(H,15,18). The van der Waals surface area contributed by atoms with E-state index in [2.05, 4.69) is 10.4 Å². The first-order chi connectivity index (χ1) is 8.74. The Morgan fingerprint density at radius 2 is 2.17 bits per heavy atom. The zero-order valence-corrected chi connectivity index (χ0v) is 10.9. The van der Waals surface area contributed by atoms with Crippen molar-refractivity contribution in [2.75, 3.05) is 0 Å². The lowest BCUT2D eigenvalue weighted by Crippen LogP contribution is -2.29. The summed E-state index contributed by atoms with van der Waals surface area (Å²) in [5.41, 5.74) is 1.93. The molecule has 2 aromatic rings. The third-order valence-corrected chi connectivity index (χ3v) is 3.22. The second-order valence-electron chi connectivity index (χ2n) is 4.44. The minimum Gasteiger partial charge on any atom is -0.350 e. The number of pyridine rings is 1. The van der Waals surface area contributed by atoms with Crippen LogP contribution in [0.3, 0.4) is 0 Å². The maximum absolute atomic E-state index is 11.8. The van der Waals surface area contributed by atoms with Gasteiger partial charge in [0.2, 0.25) is 5.91 Å². The Morgan fingerprint density at radius 1 is 1.39 bits per heavy atom. The van der Waals surface area contributed by atoms with Gasteiger partial charge in [-0.1, -0.05) is 19.9 Å². The number of aromatic nitrogens is 2. The van der Waals surface area contributed by atoms with Crippen molar-refractivity contribution < 1.29 is 4.79 Å². The van der Waals surface area contributed by atoms with Gasteiger partial charge in [-0.2, -0.15) is 5.10 Å². The number of rotatable bonds is 5. The molecule has 0 atom stereocenters. The topological polar surface area (TPSA) is 46.4 Å². The van der Waals surface area contributed by atoms with Crippen LogP contribution < -0.4 is 5.32 Å². The van der Waals surface area contributed by atoms with Crippen molar-refractivity contribution in [3.63, 3.8) is 0 Å². The minimum absolute atomic E-state index is 0.113. The van der Waals surface area contributed by atoms with E-state index in [4.69, 9.17) is 0 Å². The lowest BCUT2D eigenvalue weighted by molar-refractivity contribution is -0.125. The van der Waals surface area contributed by atoms with Gasteiger partial charge in [0, 0.05) is 12.1 Å². The second kappa shape index (κ2) is 5.67. The molecule has 0 aromatic carbocycles. The van der Waals surface area contributed by atoms with Gasteiger partial charge in [-0.3, -0.25) is 4.79 Å². The third-order valence-electron chi connectivity index (χ3n) is 3.22. The molecule has 0 radical (unpaired) electrons. The quantitative estimate of drug-likeness (QED) is 0.879. The molecular formula is C14H19N3O. The molecule has 0 fully saturated rings. The lowest BCUT2D eigenvalue weighted by Gasteiger charge is -2.11. The van der Waals surface area contributed by atoms with Crippen molar-refractivity contribution in [2.24, 2.45) is 5.92 Å². The van der Waals surface area contributed by atoms with E-state index >= 15 is 0 Å². The number of fused-ring (bicyclic) bond motifs is 1. The van der Waals surface area contributed by atoms with Gasteiger partial charge in [-0.15, -0.1) is 0 Å². The van der Waals surface area contributed by atoms with Crippen LogP contribution in [0.5, 0.6) is 0 Å². The number of carbonyl (C=O) groups is 1. The van der Waals surface area contributed by atoms with Gasteiger partial charge in [0.1, 0.15) is 0 Å². The molecule has 4 nitrogen and oxygen atoms in total. The first kappa shape index (κ1) is 12.6. The molecular weight excluding hydrogens is 226 g/mol. The largest absolute Gasteiger partial charge is 0.350 e. The first-order valence-corrected chi connectivity index (χ1v) is 6.45. The summed E-state index contributed by atoms with van der Waals surface area (Å²) in [6.07, 6.45) is 3.67. The van der Waals surface area contributed by atoms with Crippen molar-refractivity contribution in [1.29, 1.82) is 0 Å². The van der Waals surface area contributed by atoms with E-state index < -0.39 is 0 Å². The molecule has 0 aliphatic heterocycles. The van der Waals surface area contributed by atoms with E-state index in [1.165, 1.54) is 0 Å². The highest BCUT2D eigenvalue weighted by Crippen LogP contribution is 2.09. The summed E-state index contributed by atoms with van der Waals surface area (Å²) in [4.78, 5) is 11.8. The Bertz CT molecular complexity index is 496. The summed E-state index contributed by atoms with van der Waals surface area (Å²) in [5, 5.41) is 7.34. The van der Waals surface area contributed by atoms with Crippen molar-refractivity contribution in [2.45, 2.75) is 33.2 Å². The highest BCUT2D eigenvalue weighted by Gasteiger charge is 2.13. The maximum Gasteiger partial charge on any atom is 0.223 e. The molecule has 2 heterocycles. The van der Waals surface area contributed by atoms with Crippen molar-refractivity contribution in [1.82, 2.24) is 14.9 Å². The Morgan fingerprint density at radius 3 is 2.83 bits per heavy atom. The van der Waals surface area contributed by atoms with E-state index in [9.17, 15) is 4.79 Å². The molecule has 0 aliphatic carbocycles. The summed E-state index contributed by atoms with van der Waals surface area (Å²) in [5.74, 6) is 0.235. The Hall–Kier alpha value is -1.84. The van der Waals surface area contributed by atoms with Crippen molar-refractivity contribution in [3.8, 4) is 0 Å². The second-order valence-corrected chi connectivity index (χ2v) is 4.44. The SMILES string of the molecule is CCC(CC)C(=O)NCc1cc2ccccn2n1. The number of hydrogen-bond acceptors (Lipinski definition) is 2. The zero-order valence-electron chi connectivity index (χ0n) is 10.9. The Balaban J connectivity index is 1.99. The number of carbonyl (C=O) groups excluding carboxylic acids is 1. The van der Waals surface area contributed by atoms with Crippen molar-refractivity contribution in [3.05, 3.63) is 36.2 Å². The molecule has 96 valence electrons. The van der Waals surface area contributed by atoms with E-state index in [0.29, 0.717) is 6.54 Å². The predicted molar refractivity (Wildman–Crippen MR) is 71.1 cm³/mol. The third kappa shape index (κ3) is 2.70. The van der Waals surface area contributed by atoms with Crippen LogP contribution in [0.4, 0.5) is 0 Å². The average Bonchev–Trinajstić information content (AvgIpc) is 2.80. The Labute approximate surface area is 107 Å². The predicted octanol–water partition coefficient (Wildman–Crippen LogP) is 2.39. The molecule has 2 aromatic heterocycles. The van der Waals surface area contributed by atoms with E-state index in [-0.39, 0.29) is 11.8 Å². The molecule has 1 amide bonds. The van der Waals surface area contributed by atoms with Crippen LogP contribution in [0.25, 0.3) is 5.52 Å². The zero-order chi connectivity index (χ0) is 13.0. The smallest absolute Gasteiger partial charge is 0.223 e. The van der Waals surface area contributed by atoms with Gasteiger partial charge >= 0.3 is 0 Å². The highest BCUT2D eigenvalue weighted by atomic mass is 16.1. The van der Waals surface area contributed by atoms with Crippen LogP contribution in [-0.2, 0) is 11.3 Å². The molecule has 0 unspecified atom stereocenters. The first-order valence-electron chi connectivity index (χ1n) is 6.45. The molecule has 4 heteroatoms. The summed E-state index contributed by atoms with van der Waals surface area (Å²) >= 11 is 0. The van der Waals surface area contributed by atoms with E-state index in [0.717, 1.165) is 24.1 Å². The fourth-order valence-corrected chi connectivity index (χ4v) is 2.06. The van der Waals surface area contributed by atoms with Crippen molar-refractivity contribution >= 4 is 11.4 Å². The van der Waals surface area contributed by atoms with Crippen LogP contribution in [0.2, 0.25) is 0 Å². The fraction of sp³-hybridized carbons (Fsp3) is 0.429. The number of nitrogens with zero attached hydrogens (tertiary/aromatic N) is 2. The molecule has 0 aliphatic rings. The molecule has 0 saturated heterocycles. The Kier molecular flexibility index (Phi) is 3.97. The number of amides is 1. The summed E-state index contributed by atoms with van der Waals surface area (Å²) in [6.45, 7) is 4.58. The minimum atomic E-state index is 0.113. The van der Waals surface area contributed by atoms with Gasteiger partial charge in [0.15, 0.2) is 0 Å². The number of hydrogen-bond donors (Lipinski definition) is 1. The normalized spacial score (nSPS) is 11.1. The van der Waals surface area contributed by atoms with Crippen LogP contribution in [0.1, 0.15) is 32.4 Å². The van der Waals surface area contributed by atoms with Gasteiger partial charge in [-0.05, 0) is 31.0 Å². The molecule has 2 rings (SSSR count). The van der Waals surface area contributed by atoms with Gasteiger partial charge in [0.05, 0.1) is 17.8 Å².